The van der Waals surface area contributed by atoms with Crippen LogP contribution in [0.5, 0.6) is 11.5 Å². The number of ether oxygens (including phenoxy) is 2. The fourth-order valence-electron chi connectivity index (χ4n) is 8.24. The summed E-state index contributed by atoms with van der Waals surface area (Å²) in [6.45, 7) is -0.234. The molecule has 4 aliphatic carbocycles. The number of hydrogen-bond donors (Lipinski definition) is 2. The number of carbonyl (C=O) groups excluding carboxylic acids is 4. The maximum absolute atomic E-state index is 13.1. The molecule has 0 aromatic heterocycles. The zero-order chi connectivity index (χ0) is 31.1. The second-order valence-corrected chi connectivity index (χ2v) is 12.8. The number of imide groups is 2. The molecule has 4 bridgehead atoms. The largest absolute Gasteiger partial charge is 0.493 e. The molecular formula is C36H35N3O6. The van der Waals surface area contributed by atoms with Gasteiger partial charge in [-0.2, -0.15) is 0 Å². The minimum Gasteiger partial charge on any atom is -0.493 e. The second kappa shape index (κ2) is 11.5. The van der Waals surface area contributed by atoms with Crippen LogP contribution < -0.4 is 25.0 Å². The zero-order valence-electron chi connectivity index (χ0n) is 25.1. The summed E-state index contributed by atoms with van der Waals surface area (Å²) >= 11 is 0. The van der Waals surface area contributed by atoms with Crippen molar-refractivity contribution in [2.24, 2.45) is 17.8 Å². The van der Waals surface area contributed by atoms with Crippen molar-refractivity contribution in [1.29, 1.82) is 0 Å². The van der Waals surface area contributed by atoms with Crippen LogP contribution in [0.2, 0.25) is 0 Å². The minimum absolute atomic E-state index is 0.206. The van der Waals surface area contributed by atoms with Gasteiger partial charge in [0.25, 0.3) is 17.7 Å². The number of barbiturate groups is 1. The van der Waals surface area contributed by atoms with Crippen molar-refractivity contribution < 1.29 is 28.7 Å². The summed E-state index contributed by atoms with van der Waals surface area (Å²) in [6.07, 6.45) is 9.50. The van der Waals surface area contributed by atoms with E-state index in [1.54, 1.807) is 48.5 Å². The molecule has 0 atom stereocenters. The van der Waals surface area contributed by atoms with E-state index in [0.29, 0.717) is 28.2 Å². The normalized spacial score (nSPS) is 26.2. The summed E-state index contributed by atoms with van der Waals surface area (Å²) in [6, 6.07) is 20.7. The van der Waals surface area contributed by atoms with E-state index in [1.165, 1.54) is 57.3 Å². The van der Waals surface area contributed by atoms with Gasteiger partial charge in [-0.25, -0.2) is 9.69 Å². The average molecular weight is 606 g/mol. The van der Waals surface area contributed by atoms with Crippen LogP contribution in [0.4, 0.5) is 16.2 Å². The molecule has 5 amide bonds. The van der Waals surface area contributed by atoms with Crippen molar-refractivity contribution in [3.63, 3.8) is 0 Å². The van der Waals surface area contributed by atoms with Gasteiger partial charge < -0.3 is 14.8 Å². The second-order valence-electron chi connectivity index (χ2n) is 12.8. The maximum Gasteiger partial charge on any atom is 0.335 e. The van der Waals surface area contributed by atoms with Gasteiger partial charge in [0.2, 0.25) is 0 Å². The summed E-state index contributed by atoms with van der Waals surface area (Å²) in [5.41, 5.74) is 3.06. The molecule has 9 nitrogen and oxygen atoms in total. The van der Waals surface area contributed by atoms with Gasteiger partial charge in [-0.05, 0) is 115 Å². The van der Waals surface area contributed by atoms with Crippen molar-refractivity contribution in [2.75, 3.05) is 23.9 Å². The first-order valence-electron chi connectivity index (χ1n) is 15.5. The molecule has 2 N–H and O–H groups in total. The minimum atomic E-state index is -0.813. The lowest BCUT2D eigenvalue weighted by Gasteiger charge is -2.57. The highest BCUT2D eigenvalue weighted by atomic mass is 16.5. The summed E-state index contributed by atoms with van der Waals surface area (Å²) in [5, 5.41) is 5.13. The van der Waals surface area contributed by atoms with E-state index in [-0.39, 0.29) is 18.1 Å². The lowest BCUT2D eigenvalue weighted by molar-refractivity contribution is -0.122. The third-order valence-corrected chi connectivity index (χ3v) is 9.79. The number of urea groups is 1. The third kappa shape index (κ3) is 5.59. The first kappa shape index (κ1) is 28.8. The van der Waals surface area contributed by atoms with E-state index in [9.17, 15) is 19.2 Å². The van der Waals surface area contributed by atoms with Crippen LogP contribution in [-0.2, 0) is 19.8 Å². The molecule has 1 aliphatic heterocycles. The summed E-state index contributed by atoms with van der Waals surface area (Å²) in [5.74, 6) is 1.43. The quantitative estimate of drug-likeness (QED) is 0.246. The Labute approximate surface area is 261 Å². The highest BCUT2D eigenvalue weighted by Crippen LogP contribution is 2.60. The molecular weight excluding hydrogens is 570 g/mol. The molecule has 3 aromatic rings. The van der Waals surface area contributed by atoms with Crippen molar-refractivity contribution in [1.82, 2.24) is 5.32 Å². The monoisotopic (exact) mass is 605 g/mol. The highest BCUT2D eigenvalue weighted by molar-refractivity contribution is 6.39. The van der Waals surface area contributed by atoms with Gasteiger partial charge in [0.15, 0.2) is 18.1 Å². The number of anilines is 2. The van der Waals surface area contributed by atoms with Crippen LogP contribution in [0.1, 0.15) is 49.7 Å². The molecule has 230 valence electrons. The lowest BCUT2D eigenvalue weighted by Crippen LogP contribution is -2.54. The van der Waals surface area contributed by atoms with Crippen LogP contribution in [0.25, 0.3) is 6.08 Å². The predicted molar refractivity (Wildman–Crippen MR) is 169 cm³/mol. The number of para-hydroxylation sites is 1. The molecule has 5 aliphatic rings. The molecule has 3 aromatic carbocycles. The van der Waals surface area contributed by atoms with Crippen molar-refractivity contribution >= 4 is 41.2 Å². The fraction of sp³-hybridized carbons (Fsp3) is 0.333. The number of nitrogens with zero attached hydrogens (tertiary/aromatic N) is 1. The standard InChI is InChI=1S/C36H35N3O6/c1-44-31-17-22(16-29-33(41)38-35(43)39(34(29)42)28-5-3-2-4-6-28)7-12-30(31)45-21-32(40)37-27-10-8-26(9-11-27)36-18-23-13-24(19-36)15-25(14-23)20-36/h2-12,16-17,23-25H,13-15,18-21H2,1H3,(H,37,40)(H,38,41,43)/b29-16-. The first-order valence-corrected chi connectivity index (χ1v) is 15.5. The van der Waals surface area contributed by atoms with Gasteiger partial charge in [-0.3, -0.25) is 19.7 Å². The van der Waals surface area contributed by atoms with Gasteiger partial charge in [0.05, 0.1) is 12.8 Å². The molecule has 5 fully saturated rings. The number of rotatable bonds is 8. The number of carbonyl (C=O) groups is 4. The number of nitrogens with one attached hydrogen (secondary N) is 2. The Balaban J connectivity index is 0.994. The summed E-state index contributed by atoms with van der Waals surface area (Å²) in [7, 11) is 1.46. The van der Waals surface area contributed by atoms with Crippen LogP contribution >= 0.6 is 0 Å². The maximum atomic E-state index is 13.1. The average Bonchev–Trinajstić information content (AvgIpc) is 3.02. The van der Waals surface area contributed by atoms with Gasteiger partial charge in [0, 0.05) is 5.69 Å². The van der Waals surface area contributed by atoms with Crippen LogP contribution in [0, 0.1) is 17.8 Å². The molecule has 9 heteroatoms. The third-order valence-electron chi connectivity index (χ3n) is 9.79. The van der Waals surface area contributed by atoms with Crippen molar-refractivity contribution in [3.8, 4) is 11.5 Å². The van der Waals surface area contributed by atoms with E-state index in [4.69, 9.17) is 9.47 Å². The molecule has 8 rings (SSSR count). The molecule has 45 heavy (non-hydrogen) atoms. The van der Waals surface area contributed by atoms with Crippen LogP contribution in [0.3, 0.4) is 0 Å². The predicted octanol–water partition coefficient (Wildman–Crippen LogP) is 5.85. The molecule has 1 saturated heterocycles. The fourth-order valence-corrected chi connectivity index (χ4v) is 8.24. The molecule has 0 unspecified atom stereocenters. The van der Waals surface area contributed by atoms with E-state index >= 15 is 0 Å². The zero-order valence-corrected chi connectivity index (χ0v) is 25.1. The topological polar surface area (TPSA) is 114 Å². The summed E-state index contributed by atoms with van der Waals surface area (Å²) in [4.78, 5) is 51.8. The van der Waals surface area contributed by atoms with E-state index < -0.39 is 17.8 Å². The number of amides is 5. The Morgan fingerprint density at radius 1 is 0.911 bits per heavy atom. The Morgan fingerprint density at radius 3 is 2.22 bits per heavy atom. The molecule has 4 saturated carbocycles. The SMILES string of the molecule is COc1cc(/C=C2/C(=O)NC(=O)N(c3ccccc3)C2=O)ccc1OCC(=O)Nc1ccc(C23CC4CC(CC(C4)C2)C3)cc1. The molecule has 0 spiro atoms. The lowest BCUT2D eigenvalue weighted by atomic mass is 9.48. The Morgan fingerprint density at radius 2 is 1.58 bits per heavy atom. The van der Waals surface area contributed by atoms with Crippen LogP contribution in [0.15, 0.2) is 78.4 Å². The van der Waals surface area contributed by atoms with E-state index in [0.717, 1.165) is 28.3 Å². The highest BCUT2D eigenvalue weighted by Gasteiger charge is 2.51. The molecule has 0 radical (unpaired) electrons. The number of methoxy groups -OCH3 is 1. The van der Waals surface area contributed by atoms with Crippen LogP contribution in [-0.4, -0.2) is 37.5 Å². The number of hydrogen-bond acceptors (Lipinski definition) is 6. The molecule has 1 heterocycles. The Hall–Kier alpha value is -4.92. The van der Waals surface area contributed by atoms with Gasteiger partial charge in [-0.1, -0.05) is 36.4 Å². The number of benzene rings is 3. The Bertz CT molecular complexity index is 1660. The van der Waals surface area contributed by atoms with Crippen molar-refractivity contribution in [3.05, 3.63) is 89.5 Å². The van der Waals surface area contributed by atoms with E-state index in [2.05, 4.69) is 22.8 Å². The van der Waals surface area contributed by atoms with Gasteiger partial charge in [0.1, 0.15) is 5.57 Å². The van der Waals surface area contributed by atoms with Gasteiger partial charge in [-0.15, -0.1) is 0 Å². The van der Waals surface area contributed by atoms with E-state index in [1.807, 2.05) is 12.1 Å². The van der Waals surface area contributed by atoms with Crippen molar-refractivity contribution in [2.45, 2.75) is 43.9 Å². The Kier molecular flexibility index (Phi) is 7.39. The first-order chi connectivity index (χ1) is 21.8. The summed E-state index contributed by atoms with van der Waals surface area (Å²) < 4.78 is 11.2. The van der Waals surface area contributed by atoms with Gasteiger partial charge >= 0.3 is 6.03 Å². The smallest absolute Gasteiger partial charge is 0.335 e.